The maximum atomic E-state index is 5.23. The lowest BCUT2D eigenvalue weighted by atomic mass is 10.4. The molecule has 0 aliphatic rings. The molecule has 54 valence electrons. The van der Waals surface area contributed by atoms with Crippen LogP contribution in [0.5, 0.6) is 0 Å². The molecule has 0 aliphatic carbocycles. The molecule has 0 heterocycles. The molecule has 0 saturated heterocycles. The van der Waals surface area contributed by atoms with E-state index in [-0.39, 0.29) is 0 Å². The average molecular weight is 164 g/mol. The van der Waals surface area contributed by atoms with Gasteiger partial charge < -0.3 is 11.1 Å². The van der Waals surface area contributed by atoms with E-state index in [2.05, 4.69) is 30.7 Å². The summed E-state index contributed by atoms with van der Waals surface area (Å²) in [6.45, 7) is 2.05. The van der Waals surface area contributed by atoms with E-state index < -0.39 is 0 Å². The molecule has 0 fully saturated rings. The van der Waals surface area contributed by atoms with Gasteiger partial charge in [0.2, 0.25) is 0 Å². The molecule has 0 aliphatic heterocycles. The lowest BCUT2D eigenvalue weighted by molar-refractivity contribution is 0.747. The fourth-order valence-electron chi connectivity index (χ4n) is 0.535. The number of thioether (sulfide) groups is 1. The normalized spacial score (nSPS) is 12.7. The molecule has 0 aromatic heterocycles. The van der Waals surface area contributed by atoms with Crippen LogP contribution >= 0.6 is 24.0 Å². The molecule has 0 radical (unpaired) electrons. The molecular formula is C5H12N2S2. The Morgan fingerprint density at radius 2 is 2.44 bits per heavy atom. The molecule has 0 spiro atoms. The van der Waals surface area contributed by atoms with Gasteiger partial charge in [-0.2, -0.15) is 11.8 Å². The third kappa shape index (κ3) is 5.92. The highest BCUT2D eigenvalue weighted by atomic mass is 32.2. The van der Waals surface area contributed by atoms with Gasteiger partial charge in [0.25, 0.3) is 0 Å². The third-order valence-corrected chi connectivity index (χ3v) is 1.76. The molecule has 4 heteroatoms. The van der Waals surface area contributed by atoms with Crippen molar-refractivity contribution in [3.8, 4) is 0 Å². The Morgan fingerprint density at radius 3 is 2.78 bits per heavy atom. The quantitative estimate of drug-likeness (QED) is 0.598. The van der Waals surface area contributed by atoms with Crippen LogP contribution in [0.15, 0.2) is 0 Å². The van der Waals surface area contributed by atoms with Gasteiger partial charge in [-0.05, 0) is 25.4 Å². The predicted octanol–water partition coefficient (Wildman–Crippen LogP) is 0.571. The summed E-state index contributed by atoms with van der Waals surface area (Å²) in [5.74, 6) is 1.04. The van der Waals surface area contributed by atoms with Crippen molar-refractivity contribution in [3.63, 3.8) is 0 Å². The standard InChI is InChI=1S/C5H12N2S2/c1-4(3-9-2)7-5(6)8/h4H,3H2,1-2H3,(H3,6,7,8). The van der Waals surface area contributed by atoms with Crippen LogP contribution in [-0.4, -0.2) is 23.2 Å². The van der Waals surface area contributed by atoms with Crippen LogP contribution < -0.4 is 11.1 Å². The minimum atomic E-state index is 0.386. The van der Waals surface area contributed by atoms with Crippen molar-refractivity contribution in [3.05, 3.63) is 0 Å². The second kappa shape index (κ2) is 4.88. The van der Waals surface area contributed by atoms with Gasteiger partial charge >= 0.3 is 0 Å². The Kier molecular flexibility index (Phi) is 4.90. The predicted molar refractivity (Wildman–Crippen MR) is 47.8 cm³/mol. The van der Waals surface area contributed by atoms with Gasteiger partial charge in [0.15, 0.2) is 5.11 Å². The molecule has 0 bridgehead atoms. The van der Waals surface area contributed by atoms with Crippen molar-refractivity contribution in [2.75, 3.05) is 12.0 Å². The number of hydrogen-bond acceptors (Lipinski definition) is 2. The molecule has 1 unspecified atom stereocenters. The first-order valence-corrected chi connectivity index (χ1v) is 4.52. The maximum Gasteiger partial charge on any atom is 0.163 e. The number of thiocarbonyl (C=S) groups is 1. The van der Waals surface area contributed by atoms with Gasteiger partial charge in [-0.15, -0.1) is 0 Å². The smallest absolute Gasteiger partial charge is 0.163 e. The minimum Gasteiger partial charge on any atom is -0.376 e. The first-order valence-electron chi connectivity index (χ1n) is 2.71. The fraction of sp³-hybridized carbons (Fsp3) is 0.800. The van der Waals surface area contributed by atoms with Gasteiger partial charge in [-0.1, -0.05) is 0 Å². The zero-order valence-electron chi connectivity index (χ0n) is 5.68. The summed E-state index contributed by atoms with van der Waals surface area (Å²) in [7, 11) is 0. The van der Waals surface area contributed by atoms with E-state index in [1.165, 1.54) is 0 Å². The second-order valence-corrected chi connectivity index (χ2v) is 3.22. The summed E-state index contributed by atoms with van der Waals surface area (Å²) in [5.41, 5.74) is 5.23. The Hall–Kier alpha value is 0.0400. The van der Waals surface area contributed by atoms with Crippen LogP contribution in [-0.2, 0) is 0 Å². The van der Waals surface area contributed by atoms with Crippen LogP contribution in [0.2, 0.25) is 0 Å². The number of rotatable bonds is 3. The lowest BCUT2D eigenvalue weighted by Crippen LogP contribution is -2.37. The lowest BCUT2D eigenvalue weighted by Gasteiger charge is -2.10. The van der Waals surface area contributed by atoms with E-state index in [1.807, 2.05) is 0 Å². The second-order valence-electron chi connectivity index (χ2n) is 1.86. The fourth-order valence-corrected chi connectivity index (χ4v) is 1.32. The van der Waals surface area contributed by atoms with Gasteiger partial charge in [0.05, 0.1) is 0 Å². The highest BCUT2D eigenvalue weighted by molar-refractivity contribution is 7.98. The van der Waals surface area contributed by atoms with Crippen LogP contribution in [0, 0.1) is 0 Å². The number of nitrogens with two attached hydrogens (primary N) is 1. The number of hydrogen-bond donors (Lipinski definition) is 2. The highest BCUT2D eigenvalue weighted by Gasteiger charge is 1.97. The van der Waals surface area contributed by atoms with Crippen molar-refractivity contribution >= 4 is 29.1 Å². The topological polar surface area (TPSA) is 38.0 Å². The molecule has 2 nitrogen and oxygen atoms in total. The largest absolute Gasteiger partial charge is 0.376 e. The van der Waals surface area contributed by atoms with Crippen LogP contribution in [0.25, 0.3) is 0 Å². The first kappa shape index (κ1) is 9.04. The van der Waals surface area contributed by atoms with Crippen molar-refractivity contribution in [2.24, 2.45) is 5.73 Å². The number of nitrogens with one attached hydrogen (secondary N) is 1. The molecule has 0 aromatic carbocycles. The minimum absolute atomic E-state index is 0.386. The molecule has 1 atom stereocenters. The highest BCUT2D eigenvalue weighted by Crippen LogP contribution is 1.94. The summed E-state index contributed by atoms with van der Waals surface area (Å²) >= 11 is 6.42. The Bertz CT molecular complexity index is 95.0. The van der Waals surface area contributed by atoms with E-state index in [0.29, 0.717) is 11.2 Å². The van der Waals surface area contributed by atoms with E-state index >= 15 is 0 Å². The van der Waals surface area contributed by atoms with Crippen molar-refractivity contribution in [1.82, 2.24) is 5.32 Å². The van der Waals surface area contributed by atoms with E-state index in [4.69, 9.17) is 5.73 Å². The monoisotopic (exact) mass is 164 g/mol. The summed E-state index contributed by atoms with van der Waals surface area (Å²) in [6, 6.07) is 0.387. The van der Waals surface area contributed by atoms with Gasteiger partial charge in [-0.25, -0.2) is 0 Å². The molecule has 3 N–H and O–H groups in total. The molecule has 0 rings (SSSR count). The van der Waals surface area contributed by atoms with Crippen molar-refractivity contribution in [2.45, 2.75) is 13.0 Å². The maximum absolute atomic E-state index is 5.23. The Balaban J connectivity index is 3.26. The molecule has 0 saturated carbocycles. The zero-order chi connectivity index (χ0) is 7.28. The van der Waals surface area contributed by atoms with Crippen molar-refractivity contribution < 1.29 is 0 Å². The van der Waals surface area contributed by atoms with E-state index in [9.17, 15) is 0 Å². The Morgan fingerprint density at radius 1 is 1.89 bits per heavy atom. The average Bonchev–Trinajstić information content (AvgIpc) is 1.63. The molecule has 9 heavy (non-hydrogen) atoms. The van der Waals surface area contributed by atoms with E-state index in [0.717, 1.165) is 5.75 Å². The van der Waals surface area contributed by atoms with Crippen LogP contribution in [0.4, 0.5) is 0 Å². The summed E-state index contributed by atoms with van der Waals surface area (Å²) in [4.78, 5) is 0. The van der Waals surface area contributed by atoms with Crippen LogP contribution in [0.1, 0.15) is 6.92 Å². The summed E-state index contributed by atoms with van der Waals surface area (Å²) in [6.07, 6.45) is 2.05. The third-order valence-electron chi connectivity index (χ3n) is 0.805. The molecule has 0 aromatic rings. The summed E-state index contributed by atoms with van der Waals surface area (Å²) in [5, 5.41) is 3.32. The Labute approximate surface area is 65.6 Å². The first-order chi connectivity index (χ1) is 4.16. The summed E-state index contributed by atoms with van der Waals surface area (Å²) < 4.78 is 0. The van der Waals surface area contributed by atoms with Gasteiger partial charge in [-0.3, -0.25) is 0 Å². The van der Waals surface area contributed by atoms with Crippen molar-refractivity contribution in [1.29, 1.82) is 0 Å². The SMILES string of the molecule is CSCC(C)NC(N)=S. The van der Waals surface area contributed by atoms with Gasteiger partial charge in [0.1, 0.15) is 0 Å². The van der Waals surface area contributed by atoms with Crippen LogP contribution in [0.3, 0.4) is 0 Å². The molecule has 0 amide bonds. The molecular weight excluding hydrogens is 152 g/mol. The zero-order valence-corrected chi connectivity index (χ0v) is 7.31. The van der Waals surface area contributed by atoms with Gasteiger partial charge in [0, 0.05) is 11.8 Å². The van der Waals surface area contributed by atoms with E-state index in [1.54, 1.807) is 11.8 Å².